The first-order chi connectivity index (χ1) is 17.6. The molecule has 0 atom stereocenters. The van der Waals surface area contributed by atoms with Gasteiger partial charge < -0.3 is 34.1 Å². The minimum atomic E-state index is -0.333. The molecule has 0 radical (unpaired) electrons. The molecule has 0 spiro atoms. The molecule has 2 aliphatic heterocycles. The van der Waals surface area contributed by atoms with E-state index < -0.39 is 0 Å². The molecule has 0 aliphatic carbocycles. The molecule has 0 saturated heterocycles. The van der Waals surface area contributed by atoms with E-state index in [1.165, 1.54) is 0 Å². The number of anilines is 1. The first kappa shape index (κ1) is 21.8. The third kappa shape index (κ3) is 4.38. The summed E-state index contributed by atoms with van der Waals surface area (Å²) in [4.78, 5) is 30.8. The molecule has 1 aromatic heterocycles. The van der Waals surface area contributed by atoms with Crippen molar-refractivity contribution in [1.82, 2.24) is 9.88 Å². The number of nitrogens with zero attached hydrogens (tertiary/aromatic N) is 1. The second-order valence-electron chi connectivity index (χ2n) is 8.55. The lowest BCUT2D eigenvalue weighted by molar-refractivity contribution is 0.172. The van der Waals surface area contributed by atoms with Gasteiger partial charge in [-0.25, -0.2) is 4.79 Å². The molecule has 4 aromatic rings. The Hall–Kier alpha value is -4.66. The van der Waals surface area contributed by atoms with Crippen molar-refractivity contribution in [2.75, 3.05) is 25.3 Å². The van der Waals surface area contributed by atoms with Crippen LogP contribution in [0.4, 0.5) is 10.5 Å². The van der Waals surface area contributed by atoms with Gasteiger partial charge >= 0.3 is 6.03 Å². The fraction of sp³-hybridized carbons (Fsp3) is 0.185. The highest BCUT2D eigenvalue weighted by atomic mass is 16.7. The van der Waals surface area contributed by atoms with E-state index in [1.54, 1.807) is 17.0 Å². The first-order valence-corrected chi connectivity index (χ1v) is 11.6. The van der Waals surface area contributed by atoms with Gasteiger partial charge in [0, 0.05) is 29.2 Å². The van der Waals surface area contributed by atoms with Crippen LogP contribution in [0.3, 0.4) is 0 Å². The number of para-hydroxylation sites is 1. The summed E-state index contributed by atoms with van der Waals surface area (Å²) < 4.78 is 22.2. The minimum absolute atomic E-state index is 0.0901. The molecular weight excluding hydrogens is 462 g/mol. The normalized spacial score (nSPS) is 13.4. The number of fused-ring (bicyclic) bond motifs is 3. The molecule has 0 fully saturated rings. The number of benzene rings is 3. The highest BCUT2D eigenvalue weighted by Crippen LogP contribution is 2.34. The van der Waals surface area contributed by atoms with Gasteiger partial charge in [0.25, 0.3) is 5.56 Å². The van der Waals surface area contributed by atoms with Crippen LogP contribution in [-0.4, -0.2) is 35.9 Å². The van der Waals surface area contributed by atoms with Gasteiger partial charge in [-0.3, -0.25) is 4.79 Å². The van der Waals surface area contributed by atoms with Gasteiger partial charge in [0.05, 0.1) is 12.1 Å². The maximum absolute atomic E-state index is 13.3. The van der Waals surface area contributed by atoms with Crippen LogP contribution in [0.2, 0.25) is 0 Å². The number of H-pyrrole nitrogens is 1. The van der Waals surface area contributed by atoms with E-state index in [9.17, 15) is 9.59 Å². The molecule has 9 nitrogen and oxygen atoms in total. The summed E-state index contributed by atoms with van der Waals surface area (Å²) in [6.07, 6.45) is 0. The zero-order chi connectivity index (χ0) is 24.5. The lowest BCUT2D eigenvalue weighted by Crippen LogP contribution is -2.35. The fourth-order valence-electron chi connectivity index (χ4n) is 4.29. The van der Waals surface area contributed by atoms with Gasteiger partial charge in [0.2, 0.25) is 6.79 Å². The Labute approximate surface area is 206 Å². The molecule has 182 valence electrons. The number of ether oxygens (including phenoxy) is 4. The summed E-state index contributed by atoms with van der Waals surface area (Å²) in [7, 11) is 0. The second kappa shape index (κ2) is 9.18. The molecule has 0 bridgehead atoms. The van der Waals surface area contributed by atoms with Crippen molar-refractivity contribution >= 4 is 22.6 Å². The molecular formula is C27H23N3O6. The van der Waals surface area contributed by atoms with Crippen molar-refractivity contribution in [3.63, 3.8) is 0 Å². The fourth-order valence-corrected chi connectivity index (χ4v) is 4.29. The number of aromatic nitrogens is 1. The second-order valence-corrected chi connectivity index (χ2v) is 8.55. The number of rotatable bonds is 5. The Morgan fingerprint density at radius 3 is 2.42 bits per heavy atom. The Morgan fingerprint density at radius 2 is 1.58 bits per heavy atom. The topological polar surface area (TPSA) is 102 Å². The number of pyridine rings is 1. The summed E-state index contributed by atoms with van der Waals surface area (Å²) >= 11 is 0. The highest BCUT2D eigenvalue weighted by molar-refractivity contribution is 5.89. The van der Waals surface area contributed by atoms with E-state index >= 15 is 0 Å². The third-order valence-corrected chi connectivity index (χ3v) is 6.07. The molecule has 36 heavy (non-hydrogen) atoms. The zero-order valence-corrected chi connectivity index (χ0v) is 19.3. The average molecular weight is 485 g/mol. The number of urea groups is 1. The lowest BCUT2D eigenvalue weighted by atomic mass is 10.1. The van der Waals surface area contributed by atoms with Crippen LogP contribution in [0, 0.1) is 0 Å². The molecule has 2 amide bonds. The van der Waals surface area contributed by atoms with E-state index in [0.29, 0.717) is 53.0 Å². The summed E-state index contributed by atoms with van der Waals surface area (Å²) in [6, 6.07) is 19.8. The summed E-state index contributed by atoms with van der Waals surface area (Å²) in [5.41, 5.74) is 2.32. The van der Waals surface area contributed by atoms with E-state index in [0.717, 1.165) is 10.9 Å². The number of amides is 2. The van der Waals surface area contributed by atoms with Crippen LogP contribution in [0.25, 0.3) is 10.9 Å². The monoisotopic (exact) mass is 485 g/mol. The van der Waals surface area contributed by atoms with Crippen molar-refractivity contribution < 1.29 is 23.7 Å². The lowest BCUT2D eigenvalue weighted by Gasteiger charge is -2.24. The van der Waals surface area contributed by atoms with E-state index in [2.05, 4.69) is 10.3 Å². The SMILES string of the molecule is O=C(Nc1ccccc1)N(Cc1ccc2c(c1)OCO2)Cc1cc2cc3c(cc2[nH]c1=O)OCCO3. The molecule has 2 aliphatic rings. The molecule has 6 rings (SSSR count). The third-order valence-electron chi connectivity index (χ3n) is 6.07. The van der Waals surface area contributed by atoms with Gasteiger partial charge in [-0.15, -0.1) is 0 Å². The van der Waals surface area contributed by atoms with Gasteiger partial charge in [0.1, 0.15) is 13.2 Å². The molecule has 9 heteroatoms. The number of hydrogen-bond donors (Lipinski definition) is 2. The van der Waals surface area contributed by atoms with Crippen molar-refractivity contribution in [3.8, 4) is 23.0 Å². The summed E-state index contributed by atoms with van der Waals surface area (Å²) in [5.74, 6) is 2.53. The Bertz CT molecular complexity index is 1500. The van der Waals surface area contributed by atoms with Crippen molar-refractivity contribution in [2.45, 2.75) is 13.1 Å². The van der Waals surface area contributed by atoms with Crippen LogP contribution in [0.5, 0.6) is 23.0 Å². The van der Waals surface area contributed by atoms with Crippen LogP contribution in [-0.2, 0) is 13.1 Å². The van der Waals surface area contributed by atoms with Gasteiger partial charge in [-0.1, -0.05) is 24.3 Å². The van der Waals surface area contributed by atoms with E-state index in [4.69, 9.17) is 18.9 Å². The summed E-state index contributed by atoms with van der Waals surface area (Å²) in [5, 5.41) is 3.71. The number of nitrogens with one attached hydrogen (secondary N) is 2. The predicted octanol–water partition coefficient (Wildman–Crippen LogP) is 4.26. The smallest absolute Gasteiger partial charge is 0.322 e. The molecule has 0 unspecified atom stereocenters. The van der Waals surface area contributed by atoms with E-state index in [-0.39, 0.29) is 31.5 Å². The maximum Gasteiger partial charge on any atom is 0.322 e. The number of carbonyl (C=O) groups excluding carboxylic acids is 1. The molecule has 0 saturated carbocycles. The molecule has 3 heterocycles. The predicted molar refractivity (Wildman–Crippen MR) is 133 cm³/mol. The minimum Gasteiger partial charge on any atom is -0.486 e. The van der Waals surface area contributed by atoms with Gasteiger partial charge in [0.15, 0.2) is 23.0 Å². The van der Waals surface area contributed by atoms with Crippen LogP contribution in [0.15, 0.2) is 71.5 Å². The average Bonchev–Trinajstić information content (AvgIpc) is 3.36. The molecule has 2 N–H and O–H groups in total. The van der Waals surface area contributed by atoms with Crippen LogP contribution < -0.4 is 29.8 Å². The molecule has 3 aromatic carbocycles. The number of aromatic amines is 1. The van der Waals surface area contributed by atoms with Gasteiger partial charge in [-0.05, 0) is 42.0 Å². The Balaban J connectivity index is 1.32. The Morgan fingerprint density at radius 1 is 0.833 bits per heavy atom. The number of hydrogen-bond acceptors (Lipinski definition) is 6. The quantitative estimate of drug-likeness (QED) is 0.438. The summed E-state index contributed by atoms with van der Waals surface area (Å²) in [6.45, 7) is 1.45. The standard InChI is InChI=1S/C27H23N3O6/c31-26-19(11-18-12-24-25(13-21(18)29-26)34-9-8-33-24)15-30(27(32)28-20-4-2-1-3-5-20)14-17-6-7-22-23(10-17)36-16-35-22/h1-7,10-13H,8-9,14-16H2,(H,28,32)(H,29,31). The Kier molecular flexibility index (Phi) is 5.57. The van der Waals surface area contributed by atoms with E-state index in [1.807, 2.05) is 54.6 Å². The number of carbonyl (C=O) groups is 1. The van der Waals surface area contributed by atoms with Gasteiger partial charge in [-0.2, -0.15) is 0 Å². The van der Waals surface area contributed by atoms with Crippen molar-refractivity contribution in [1.29, 1.82) is 0 Å². The zero-order valence-electron chi connectivity index (χ0n) is 19.3. The van der Waals surface area contributed by atoms with Crippen LogP contribution in [0.1, 0.15) is 11.1 Å². The van der Waals surface area contributed by atoms with Crippen molar-refractivity contribution in [3.05, 3.63) is 88.2 Å². The van der Waals surface area contributed by atoms with Crippen LogP contribution >= 0.6 is 0 Å². The largest absolute Gasteiger partial charge is 0.486 e. The van der Waals surface area contributed by atoms with Crippen molar-refractivity contribution in [2.24, 2.45) is 0 Å². The highest BCUT2D eigenvalue weighted by Gasteiger charge is 2.20. The first-order valence-electron chi connectivity index (χ1n) is 11.6. The maximum atomic E-state index is 13.3.